The van der Waals surface area contributed by atoms with Crippen LogP contribution in [-0.2, 0) is 15.7 Å². The highest BCUT2D eigenvalue weighted by atomic mass is 16.5. The van der Waals surface area contributed by atoms with E-state index in [1.54, 1.807) is 0 Å². The monoisotopic (exact) mass is 376 g/mol. The van der Waals surface area contributed by atoms with E-state index in [0.717, 1.165) is 35.2 Å². The molecule has 4 nitrogen and oxygen atoms in total. The van der Waals surface area contributed by atoms with Crippen LogP contribution in [0.3, 0.4) is 0 Å². The van der Waals surface area contributed by atoms with Crippen molar-refractivity contribution < 1.29 is 9.53 Å². The first kappa shape index (κ1) is 18.6. The van der Waals surface area contributed by atoms with E-state index in [-0.39, 0.29) is 11.4 Å². The van der Waals surface area contributed by atoms with Crippen LogP contribution >= 0.6 is 0 Å². The standard InChI is InChI=1S/C24H28N2O2/c1-5-28-20-9-6-18(7-10-20)24(13-14-24)22(27)25-19-8-11-21-17(16-19)12-15-26(21)23(2,3)4/h6-12,15-16H,5,13-14H2,1-4H3,(H,25,27). The van der Waals surface area contributed by atoms with Gasteiger partial charge in [0, 0.05) is 28.3 Å². The third-order valence-electron chi connectivity index (χ3n) is 5.57. The Balaban J connectivity index is 1.54. The topological polar surface area (TPSA) is 43.3 Å². The number of anilines is 1. The number of aromatic nitrogens is 1. The number of hydrogen-bond acceptors (Lipinski definition) is 2. The molecule has 1 heterocycles. The third kappa shape index (κ3) is 3.28. The van der Waals surface area contributed by atoms with Gasteiger partial charge >= 0.3 is 0 Å². The van der Waals surface area contributed by atoms with Crippen molar-refractivity contribution >= 4 is 22.5 Å². The van der Waals surface area contributed by atoms with Crippen LogP contribution < -0.4 is 10.1 Å². The van der Waals surface area contributed by atoms with E-state index in [1.165, 1.54) is 5.52 Å². The number of benzene rings is 2. The van der Waals surface area contributed by atoms with Crippen molar-refractivity contribution in [3.63, 3.8) is 0 Å². The number of rotatable bonds is 5. The SMILES string of the molecule is CCOc1ccc(C2(C(=O)Nc3ccc4c(ccn4C(C)(C)C)c3)CC2)cc1. The van der Waals surface area contributed by atoms with Crippen LogP contribution in [0.4, 0.5) is 5.69 Å². The highest BCUT2D eigenvalue weighted by Crippen LogP contribution is 2.49. The molecule has 0 bridgehead atoms. The molecule has 1 amide bonds. The lowest BCUT2D eigenvalue weighted by molar-refractivity contribution is -0.118. The smallest absolute Gasteiger partial charge is 0.235 e. The number of hydrogen-bond donors (Lipinski definition) is 1. The van der Waals surface area contributed by atoms with Crippen LogP contribution in [0.2, 0.25) is 0 Å². The molecule has 4 heteroatoms. The third-order valence-corrected chi connectivity index (χ3v) is 5.57. The van der Waals surface area contributed by atoms with Crippen molar-refractivity contribution in [2.45, 2.75) is 51.5 Å². The molecule has 0 radical (unpaired) electrons. The molecule has 1 aromatic heterocycles. The second kappa shape index (κ2) is 6.69. The van der Waals surface area contributed by atoms with E-state index in [0.29, 0.717) is 6.61 Å². The Morgan fingerprint density at radius 3 is 2.43 bits per heavy atom. The van der Waals surface area contributed by atoms with Crippen molar-refractivity contribution in [2.75, 3.05) is 11.9 Å². The van der Waals surface area contributed by atoms with E-state index < -0.39 is 5.41 Å². The van der Waals surface area contributed by atoms with Crippen LogP contribution in [0.5, 0.6) is 5.75 Å². The number of ether oxygens (including phenoxy) is 1. The maximum atomic E-state index is 13.1. The van der Waals surface area contributed by atoms with Crippen LogP contribution in [0.25, 0.3) is 10.9 Å². The van der Waals surface area contributed by atoms with Crippen LogP contribution in [-0.4, -0.2) is 17.1 Å². The van der Waals surface area contributed by atoms with Crippen molar-refractivity contribution in [1.82, 2.24) is 4.57 Å². The maximum absolute atomic E-state index is 13.1. The Labute approximate surface area is 166 Å². The summed E-state index contributed by atoms with van der Waals surface area (Å²) < 4.78 is 7.77. The van der Waals surface area contributed by atoms with Crippen molar-refractivity contribution in [3.8, 4) is 5.75 Å². The molecule has 2 aromatic carbocycles. The first-order valence-electron chi connectivity index (χ1n) is 10.00. The fourth-order valence-corrected chi connectivity index (χ4v) is 3.86. The number of carbonyl (C=O) groups excluding carboxylic acids is 1. The molecule has 3 aromatic rings. The first-order valence-corrected chi connectivity index (χ1v) is 10.00. The summed E-state index contributed by atoms with van der Waals surface area (Å²) in [5.41, 5.74) is 2.71. The first-order chi connectivity index (χ1) is 13.3. The molecule has 1 saturated carbocycles. The molecule has 1 fully saturated rings. The van der Waals surface area contributed by atoms with Gasteiger partial charge < -0.3 is 14.6 Å². The van der Waals surface area contributed by atoms with Gasteiger partial charge in [-0.25, -0.2) is 0 Å². The van der Waals surface area contributed by atoms with Gasteiger partial charge in [0.15, 0.2) is 0 Å². The Morgan fingerprint density at radius 2 is 1.82 bits per heavy atom. The van der Waals surface area contributed by atoms with Crippen LogP contribution in [0.1, 0.15) is 46.1 Å². The predicted octanol–water partition coefficient (Wildman–Crippen LogP) is 5.47. The molecule has 28 heavy (non-hydrogen) atoms. The van der Waals surface area contributed by atoms with Crippen molar-refractivity contribution in [3.05, 3.63) is 60.3 Å². The largest absolute Gasteiger partial charge is 0.494 e. The fraction of sp³-hybridized carbons (Fsp3) is 0.375. The lowest BCUT2D eigenvalue weighted by Gasteiger charge is -2.22. The summed E-state index contributed by atoms with van der Waals surface area (Å²) in [6.45, 7) is 9.18. The normalized spacial score (nSPS) is 15.4. The predicted molar refractivity (Wildman–Crippen MR) is 114 cm³/mol. The molecule has 0 aliphatic heterocycles. The number of carbonyl (C=O) groups is 1. The Morgan fingerprint density at radius 1 is 1.11 bits per heavy atom. The highest BCUT2D eigenvalue weighted by molar-refractivity contribution is 6.02. The molecule has 146 valence electrons. The molecular weight excluding hydrogens is 348 g/mol. The van der Waals surface area contributed by atoms with Gasteiger partial charge in [-0.2, -0.15) is 0 Å². The number of fused-ring (bicyclic) bond motifs is 1. The second-order valence-electron chi connectivity index (χ2n) is 8.62. The Kier molecular flexibility index (Phi) is 4.45. The number of nitrogens with one attached hydrogen (secondary N) is 1. The average Bonchev–Trinajstić information content (AvgIpc) is 3.35. The van der Waals surface area contributed by atoms with Gasteiger partial charge in [-0.05, 0) is 82.5 Å². The lowest BCUT2D eigenvalue weighted by atomic mass is 9.94. The van der Waals surface area contributed by atoms with E-state index >= 15 is 0 Å². The van der Waals surface area contributed by atoms with Gasteiger partial charge in [-0.1, -0.05) is 12.1 Å². The van der Waals surface area contributed by atoms with Gasteiger partial charge in [0.25, 0.3) is 0 Å². The number of nitrogens with zero attached hydrogens (tertiary/aromatic N) is 1. The molecule has 0 unspecified atom stereocenters. The summed E-state index contributed by atoms with van der Waals surface area (Å²) in [6, 6.07) is 16.2. The Bertz CT molecular complexity index is 1010. The molecular formula is C24H28N2O2. The number of amides is 1. The summed E-state index contributed by atoms with van der Waals surface area (Å²) in [7, 11) is 0. The molecule has 1 aliphatic rings. The van der Waals surface area contributed by atoms with E-state index in [9.17, 15) is 4.79 Å². The van der Waals surface area contributed by atoms with Crippen molar-refractivity contribution in [2.24, 2.45) is 0 Å². The fourth-order valence-electron chi connectivity index (χ4n) is 3.86. The molecule has 0 spiro atoms. The minimum absolute atomic E-state index is 0.0260. The molecule has 4 rings (SSSR count). The van der Waals surface area contributed by atoms with Gasteiger partial charge in [0.1, 0.15) is 5.75 Å². The van der Waals surface area contributed by atoms with E-state index in [2.05, 4.69) is 55.1 Å². The minimum atomic E-state index is -0.406. The van der Waals surface area contributed by atoms with Crippen LogP contribution in [0, 0.1) is 0 Å². The molecule has 0 saturated heterocycles. The zero-order valence-electron chi connectivity index (χ0n) is 17.1. The summed E-state index contributed by atoms with van der Waals surface area (Å²) in [5.74, 6) is 0.919. The second-order valence-corrected chi connectivity index (χ2v) is 8.62. The summed E-state index contributed by atoms with van der Waals surface area (Å²) >= 11 is 0. The summed E-state index contributed by atoms with van der Waals surface area (Å²) in [5, 5.41) is 4.28. The van der Waals surface area contributed by atoms with Gasteiger partial charge in [0.05, 0.1) is 12.0 Å². The molecule has 1 N–H and O–H groups in total. The minimum Gasteiger partial charge on any atom is -0.494 e. The highest BCUT2D eigenvalue weighted by Gasteiger charge is 2.51. The zero-order valence-corrected chi connectivity index (χ0v) is 17.1. The zero-order chi connectivity index (χ0) is 19.9. The van der Waals surface area contributed by atoms with Gasteiger partial charge in [-0.15, -0.1) is 0 Å². The summed E-state index contributed by atoms with van der Waals surface area (Å²) in [6.07, 6.45) is 3.88. The van der Waals surface area contributed by atoms with E-state index in [4.69, 9.17) is 4.74 Å². The van der Waals surface area contributed by atoms with Crippen LogP contribution in [0.15, 0.2) is 54.7 Å². The molecule has 0 atom stereocenters. The summed E-state index contributed by atoms with van der Waals surface area (Å²) in [4.78, 5) is 13.1. The van der Waals surface area contributed by atoms with Gasteiger partial charge in [-0.3, -0.25) is 4.79 Å². The van der Waals surface area contributed by atoms with Gasteiger partial charge in [0.2, 0.25) is 5.91 Å². The quantitative estimate of drug-likeness (QED) is 0.642. The lowest BCUT2D eigenvalue weighted by Crippen LogP contribution is -2.27. The van der Waals surface area contributed by atoms with E-state index in [1.807, 2.05) is 37.3 Å². The van der Waals surface area contributed by atoms with Crippen molar-refractivity contribution in [1.29, 1.82) is 0 Å². The molecule has 1 aliphatic carbocycles. The average molecular weight is 377 g/mol. The Hall–Kier alpha value is -2.75. The maximum Gasteiger partial charge on any atom is 0.235 e.